The molecule has 18 heavy (non-hydrogen) atoms. The lowest BCUT2D eigenvalue weighted by atomic mass is 10.0. The molecular formula is C12H21N3O3. The molecule has 1 rings (SSSR count). The van der Waals surface area contributed by atoms with Crippen molar-refractivity contribution in [2.24, 2.45) is 15.0 Å². The van der Waals surface area contributed by atoms with Gasteiger partial charge >= 0.3 is 0 Å². The first-order valence-corrected chi connectivity index (χ1v) is 5.62. The largest absolute Gasteiger partial charge is 0.234 e. The van der Waals surface area contributed by atoms with Crippen molar-refractivity contribution in [3.8, 4) is 0 Å². The molecule has 1 aliphatic rings. The van der Waals surface area contributed by atoms with Crippen LogP contribution in [0.15, 0.2) is 15.0 Å². The Labute approximate surface area is 108 Å². The fourth-order valence-corrected chi connectivity index (χ4v) is 1.06. The van der Waals surface area contributed by atoms with Crippen molar-refractivity contribution in [2.75, 3.05) is 21.1 Å². The Hall–Kier alpha value is -1.86. The molecule has 0 spiro atoms. The first-order chi connectivity index (χ1) is 8.74. The van der Waals surface area contributed by atoms with E-state index in [2.05, 4.69) is 15.0 Å². The van der Waals surface area contributed by atoms with Gasteiger partial charge < -0.3 is 0 Å². The van der Waals surface area contributed by atoms with Crippen LogP contribution in [-0.4, -0.2) is 39.4 Å². The van der Waals surface area contributed by atoms with Crippen LogP contribution in [0.2, 0.25) is 0 Å². The number of nitrogens with zero attached hydrogens (tertiary/aromatic N) is 3. The molecule has 6 nitrogen and oxygen atoms in total. The SMILES string of the molecule is C1CCCCC1.CN=C=O.CN=C=O.CN=C=O. The Kier molecular flexibility index (Phi) is 35.0. The summed E-state index contributed by atoms with van der Waals surface area (Å²) >= 11 is 0. The molecule has 0 atom stereocenters. The summed E-state index contributed by atoms with van der Waals surface area (Å²) in [6.45, 7) is 0. The van der Waals surface area contributed by atoms with E-state index in [0.29, 0.717) is 0 Å². The van der Waals surface area contributed by atoms with E-state index in [0.717, 1.165) is 0 Å². The Morgan fingerprint density at radius 2 is 0.667 bits per heavy atom. The van der Waals surface area contributed by atoms with Gasteiger partial charge in [-0.2, -0.15) is 0 Å². The summed E-state index contributed by atoms with van der Waals surface area (Å²) in [5, 5.41) is 0. The monoisotopic (exact) mass is 255 g/mol. The van der Waals surface area contributed by atoms with Gasteiger partial charge in [-0.25, -0.2) is 29.4 Å². The van der Waals surface area contributed by atoms with Crippen molar-refractivity contribution in [1.29, 1.82) is 0 Å². The fourth-order valence-electron chi connectivity index (χ4n) is 1.06. The molecule has 0 aromatic rings. The molecule has 1 aliphatic carbocycles. The van der Waals surface area contributed by atoms with Crippen molar-refractivity contribution in [1.82, 2.24) is 0 Å². The second-order valence-electron chi connectivity index (χ2n) is 3.07. The third kappa shape index (κ3) is 47.9. The third-order valence-corrected chi connectivity index (χ3v) is 1.77. The molecule has 0 aliphatic heterocycles. The lowest BCUT2D eigenvalue weighted by Crippen LogP contribution is -1.85. The van der Waals surface area contributed by atoms with Crippen molar-refractivity contribution >= 4 is 18.2 Å². The molecule has 0 unspecified atom stereocenters. The first kappa shape index (κ1) is 21.4. The lowest BCUT2D eigenvalue weighted by molar-refractivity contribution is 0.504. The molecule has 0 amide bonds. The number of isocyanates is 3. The summed E-state index contributed by atoms with van der Waals surface area (Å²) in [5.74, 6) is 0. The Bertz CT molecular complexity index is 233. The molecule has 0 radical (unpaired) electrons. The van der Waals surface area contributed by atoms with Gasteiger partial charge in [-0.3, -0.25) is 0 Å². The maximum atomic E-state index is 8.88. The summed E-state index contributed by atoms with van der Waals surface area (Å²) in [4.78, 5) is 35.4. The molecule has 0 saturated heterocycles. The minimum atomic E-state index is 1.31. The van der Waals surface area contributed by atoms with E-state index in [4.69, 9.17) is 14.4 Å². The molecule has 1 fully saturated rings. The van der Waals surface area contributed by atoms with E-state index in [1.165, 1.54) is 77.9 Å². The summed E-state index contributed by atoms with van der Waals surface area (Å²) < 4.78 is 0. The molecule has 0 aromatic heterocycles. The van der Waals surface area contributed by atoms with Gasteiger partial charge in [0.25, 0.3) is 0 Å². The van der Waals surface area contributed by atoms with E-state index in [9.17, 15) is 0 Å². The van der Waals surface area contributed by atoms with Crippen LogP contribution >= 0.6 is 0 Å². The van der Waals surface area contributed by atoms with Gasteiger partial charge in [0.05, 0.1) is 0 Å². The number of rotatable bonds is 0. The molecule has 102 valence electrons. The van der Waals surface area contributed by atoms with E-state index in [1.807, 2.05) is 0 Å². The van der Waals surface area contributed by atoms with Gasteiger partial charge in [-0.05, 0) is 0 Å². The average Bonchev–Trinajstić information content (AvgIpc) is 2.49. The van der Waals surface area contributed by atoms with E-state index in [1.54, 1.807) is 0 Å². The van der Waals surface area contributed by atoms with Crippen LogP contribution in [0.3, 0.4) is 0 Å². The molecule has 0 heterocycles. The number of carbonyl (C=O) groups excluding carboxylic acids is 3. The molecule has 1 saturated carbocycles. The van der Waals surface area contributed by atoms with Gasteiger partial charge in [0.2, 0.25) is 18.2 Å². The second-order valence-corrected chi connectivity index (χ2v) is 3.07. The van der Waals surface area contributed by atoms with Crippen LogP contribution in [0, 0.1) is 0 Å². The zero-order chi connectivity index (χ0) is 14.5. The second kappa shape index (κ2) is 29.4. The minimum Gasteiger partial charge on any atom is -0.211 e. The van der Waals surface area contributed by atoms with Crippen LogP contribution in [-0.2, 0) is 14.4 Å². The molecular weight excluding hydrogens is 234 g/mol. The molecule has 6 heteroatoms. The van der Waals surface area contributed by atoms with E-state index in [-0.39, 0.29) is 0 Å². The van der Waals surface area contributed by atoms with Crippen molar-refractivity contribution in [3.05, 3.63) is 0 Å². The smallest absolute Gasteiger partial charge is 0.211 e. The van der Waals surface area contributed by atoms with Crippen LogP contribution in [0.1, 0.15) is 38.5 Å². The van der Waals surface area contributed by atoms with Gasteiger partial charge in [0.1, 0.15) is 0 Å². The van der Waals surface area contributed by atoms with Crippen LogP contribution in [0.5, 0.6) is 0 Å². The number of hydrogen-bond acceptors (Lipinski definition) is 6. The maximum absolute atomic E-state index is 8.88. The zero-order valence-corrected chi connectivity index (χ0v) is 11.3. The highest BCUT2D eigenvalue weighted by molar-refractivity contribution is 5.32. The first-order valence-electron chi connectivity index (χ1n) is 5.62. The predicted octanol–water partition coefficient (Wildman–Crippen LogP) is 2.20. The van der Waals surface area contributed by atoms with E-state index < -0.39 is 0 Å². The Morgan fingerprint density at radius 3 is 0.722 bits per heavy atom. The average molecular weight is 255 g/mol. The highest BCUT2D eigenvalue weighted by atomic mass is 16.1. The highest BCUT2D eigenvalue weighted by Gasteiger charge is 1.95. The van der Waals surface area contributed by atoms with Crippen LogP contribution in [0.25, 0.3) is 0 Å². The number of hydrogen-bond donors (Lipinski definition) is 0. The van der Waals surface area contributed by atoms with E-state index >= 15 is 0 Å². The summed E-state index contributed by atoms with van der Waals surface area (Å²) in [5.41, 5.74) is 0. The highest BCUT2D eigenvalue weighted by Crippen LogP contribution is 2.15. The predicted molar refractivity (Wildman–Crippen MR) is 69.8 cm³/mol. The van der Waals surface area contributed by atoms with Gasteiger partial charge in [0.15, 0.2) is 0 Å². The van der Waals surface area contributed by atoms with Crippen molar-refractivity contribution in [3.63, 3.8) is 0 Å². The molecule has 0 N–H and O–H groups in total. The van der Waals surface area contributed by atoms with Gasteiger partial charge in [-0.1, -0.05) is 38.5 Å². The fraction of sp³-hybridized carbons (Fsp3) is 0.750. The topological polar surface area (TPSA) is 88.3 Å². The zero-order valence-electron chi connectivity index (χ0n) is 11.3. The number of aliphatic imine (C=N–C) groups is 3. The van der Waals surface area contributed by atoms with Crippen LogP contribution in [0.4, 0.5) is 0 Å². The van der Waals surface area contributed by atoms with Crippen molar-refractivity contribution < 1.29 is 14.4 Å². The Balaban J connectivity index is -0.000000171. The Morgan fingerprint density at radius 1 is 0.556 bits per heavy atom. The summed E-state index contributed by atoms with van der Waals surface area (Å²) in [6.07, 6.45) is 12.9. The van der Waals surface area contributed by atoms with Crippen molar-refractivity contribution in [2.45, 2.75) is 38.5 Å². The third-order valence-electron chi connectivity index (χ3n) is 1.77. The summed E-state index contributed by atoms with van der Waals surface area (Å²) in [6, 6.07) is 0. The standard InChI is InChI=1S/C6H12.3C2H3NO/c1-2-4-6-5-3-1;3*1-3-2-4/h1-6H2;3*1H3. The quantitative estimate of drug-likeness (QED) is 0.491. The van der Waals surface area contributed by atoms with Gasteiger partial charge in [-0.15, -0.1) is 0 Å². The normalized spacial score (nSPS) is 10.8. The lowest BCUT2D eigenvalue weighted by Gasteiger charge is -2.05. The minimum absolute atomic E-state index is 1.31. The molecule has 0 aromatic carbocycles. The maximum Gasteiger partial charge on any atom is 0.234 e. The van der Waals surface area contributed by atoms with Crippen LogP contribution < -0.4 is 0 Å². The van der Waals surface area contributed by atoms with Gasteiger partial charge in [0, 0.05) is 21.1 Å². The summed E-state index contributed by atoms with van der Waals surface area (Å²) in [7, 11) is 4.15. The molecule has 0 bridgehead atoms.